The summed E-state index contributed by atoms with van der Waals surface area (Å²) in [7, 11) is 1.65. The molecule has 0 unspecified atom stereocenters. The van der Waals surface area contributed by atoms with Crippen molar-refractivity contribution in [1.82, 2.24) is 4.57 Å². The van der Waals surface area contributed by atoms with Crippen molar-refractivity contribution >= 4 is 11.9 Å². The molecule has 2 atom stereocenters. The predicted octanol–water partition coefficient (Wildman–Crippen LogP) is 7.71. The van der Waals surface area contributed by atoms with Crippen LogP contribution in [0.15, 0.2) is 139 Å². The number of nitrogens with zero attached hydrogens (tertiary/aromatic N) is 2. The van der Waals surface area contributed by atoms with Crippen molar-refractivity contribution in [2.75, 3.05) is 13.7 Å². The van der Waals surface area contributed by atoms with E-state index in [0.717, 1.165) is 33.4 Å². The molecule has 0 fully saturated rings. The van der Waals surface area contributed by atoms with E-state index in [4.69, 9.17) is 14.5 Å². The Morgan fingerprint density at radius 3 is 1.91 bits per heavy atom. The van der Waals surface area contributed by atoms with E-state index >= 15 is 0 Å². The van der Waals surface area contributed by atoms with Gasteiger partial charge in [-0.3, -0.25) is 4.79 Å². The molecule has 0 saturated heterocycles. The molecule has 43 heavy (non-hydrogen) atoms. The van der Waals surface area contributed by atoms with Gasteiger partial charge in [0, 0.05) is 19.5 Å². The molecular formula is C37H36N2O4. The maximum atomic E-state index is 12.2. The summed E-state index contributed by atoms with van der Waals surface area (Å²) in [5, 5.41) is 9.97. The van der Waals surface area contributed by atoms with Crippen LogP contribution in [0.3, 0.4) is 0 Å². The van der Waals surface area contributed by atoms with Gasteiger partial charge in [0.15, 0.2) is 0 Å². The zero-order valence-corrected chi connectivity index (χ0v) is 24.3. The molecule has 0 aliphatic heterocycles. The van der Waals surface area contributed by atoms with Crippen molar-refractivity contribution in [1.29, 1.82) is 0 Å². The van der Waals surface area contributed by atoms with Crippen LogP contribution in [0, 0.1) is 0 Å². The Hall–Kier alpha value is -4.94. The van der Waals surface area contributed by atoms with Crippen molar-refractivity contribution in [2.45, 2.75) is 31.5 Å². The average Bonchev–Trinajstić information content (AvgIpc) is 3.54. The number of carbonyl (C=O) groups is 1. The Labute approximate surface area is 252 Å². The van der Waals surface area contributed by atoms with Gasteiger partial charge in [0.1, 0.15) is 12.6 Å². The molecule has 6 nitrogen and oxygen atoms in total. The molecule has 0 saturated carbocycles. The fraction of sp³-hybridized carbons (Fsp3) is 0.189. The molecule has 0 aliphatic rings. The quantitative estimate of drug-likeness (QED) is 0.116. The van der Waals surface area contributed by atoms with Crippen molar-refractivity contribution in [3.8, 4) is 22.3 Å². The molecule has 0 spiro atoms. The van der Waals surface area contributed by atoms with Gasteiger partial charge in [-0.2, -0.15) is 0 Å². The predicted molar refractivity (Wildman–Crippen MR) is 171 cm³/mol. The third kappa shape index (κ3) is 8.31. The highest BCUT2D eigenvalue weighted by Crippen LogP contribution is 2.28. The van der Waals surface area contributed by atoms with Crippen molar-refractivity contribution in [2.24, 2.45) is 4.99 Å². The average molecular weight is 573 g/mol. The number of benzene rings is 4. The van der Waals surface area contributed by atoms with Crippen LogP contribution in [0.25, 0.3) is 22.3 Å². The second kappa shape index (κ2) is 14.8. The van der Waals surface area contributed by atoms with Crippen LogP contribution in [0.4, 0.5) is 0 Å². The second-order valence-electron chi connectivity index (χ2n) is 10.4. The van der Waals surface area contributed by atoms with E-state index in [1.807, 2.05) is 89.8 Å². The minimum absolute atomic E-state index is 0.181. The van der Waals surface area contributed by atoms with Gasteiger partial charge in [-0.25, -0.2) is 4.99 Å². The molecule has 5 rings (SSSR count). The summed E-state index contributed by atoms with van der Waals surface area (Å²) in [5.41, 5.74) is 6.41. The number of aliphatic carboxylic acids is 1. The summed E-state index contributed by atoms with van der Waals surface area (Å²) in [5.74, 6) is -0.569. The molecule has 218 valence electrons. The Kier molecular flexibility index (Phi) is 10.2. The van der Waals surface area contributed by atoms with Crippen molar-refractivity contribution in [3.63, 3.8) is 0 Å². The first-order valence-corrected chi connectivity index (χ1v) is 14.4. The van der Waals surface area contributed by atoms with E-state index in [2.05, 4.69) is 48.5 Å². The Morgan fingerprint density at radius 1 is 0.744 bits per heavy atom. The first-order chi connectivity index (χ1) is 21.1. The minimum atomic E-state index is -0.935. The zero-order chi connectivity index (χ0) is 29.9. The maximum absolute atomic E-state index is 12.2. The number of carboxylic acid groups (broad SMARTS) is 1. The molecule has 1 heterocycles. The van der Waals surface area contributed by atoms with Crippen molar-refractivity contribution < 1.29 is 19.4 Å². The van der Waals surface area contributed by atoms with Crippen LogP contribution in [0.1, 0.15) is 23.6 Å². The lowest BCUT2D eigenvalue weighted by Crippen LogP contribution is -2.28. The number of aliphatic imine (C=N–C) groups is 1. The monoisotopic (exact) mass is 572 g/mol. The SMILES string of the molecule is COC[C@H](Cc1ccccc1)N=C(OCc1ccccc1)[C@@H](CC(=O)O)n1ccc(-c2ccc(-c3ccccc3)cc2)c1. The molecule has 0 aliphatic carbocycles. The molecule has 5 aromatic rings. The second-order valence-corrected chi connectivity index (χ2v) is 10.4. The number of hydrogen-bond donors (Lipinski definition) is 1. The number of hydrogen-bond acceptors (Lipinski definition) is 4. The molecule has 0 bridgehead atoms. The third-order valence-corrected chi connectivity index (χ3v) is 7.27. The molecule has 0 radical (unpaired) electrons. The number of carboxylic acids is 1. The van der Waals surface area contributed by atoms with Gasteiger partial charge in [0.05, 0.1) is 19.1 Å². The number of rotatable bonds is 13. The Morgan fingerprint density at radius 2 is 1.30 bits per heavy atom. The molecule has 1 aromatic heterocycles. The summed E-state index contributed by atoms with van der Waals surface area (Å²) in [6.45, 7) is 0.646. The largest absolute Gasteiger partial charge is 0.481 e. The first kappa shape index (κ1) is 29.5. The smallest absolute Gasteiger partial charge is 0.305 e. The summed E-state index contributed by atoms with van der Waals surface area (Å²) in [6, 6.07) is 39.6. The van der Waals surface area contributed by atoms with Gasteiger partial charge >= 0.3 is 5.97 Å². The van der Waals surface area contributed by atoms with Gasteiger partial charge in [0.2, 0.25) is 5.90 Å². The van der Waals surface area contributed by atoms with Gasteiger partial charge in [-0.15, -0.1) is 0 Å². The highest BCUT2D eigenvalue weighted by Gasteiger charge is 2.25. The van der Waals surface area contributed by atoms with Crippen LogP contribution < -0.4 is 0 Å². The van der Waals surface area contributed by atoms with E-state index < -0.39 is 12.0 Å². The zero-order valence-electron chi connectivity index (χ0n) is 24.3. The fourth-order valence-electron chi connectivity index (χ4n) is 5.10. The van der Waals surface area contributed by atoms with Gasteiger partial charge < -0.3 is 19.1 Å². The van der Waals surface area contributed by atoms with Crippen LogP contribution in [0.5, 0.6) is 0 Å². The van der Waals surface area contributed by atoms with E-state index in [-0.39, 0.29) is 19.1 Å². The van der Waals surface area contributed by atoms with Crippen LogP contribution in [-0.2, 0) is 27.3 Å². The lowest BCUT2D eigenvalue weighted by molar-refractivity contribution is -0.137. The summed E-state index contributed by atoms with van der Waals surface area (Å²) >= 11 is 0. The number of aromatic nitrogens is 1. The van der Waals surface area contributed by atoms with E-state index in [1.54, 1.807) is 7.11 Å². The number of methoxy groups -OCH3 is 1. The Balaban J connectivity index is 1.46. The van der Waals surface area contributed by atoms with E-state index in [1.165, 1.54) is 0 Å². The van der Waals surface area contributed by atoms with Gasteiger partial charge in [-0.1, -0.05) is 115 Å². The summed E-state index contributed by atoms with van der Waals surface area (Å²) in [6.07, 6.45) is 4.32. The number of ether oxygens (including phenoxy) is 2. The highest BCUT2D eigenvalue weighted by molar-refractivity contribution is 5.85. The van der Waals surface area contributed by atoms with Crippen LogP contribution >= 0.6 is 0 Å². The molecular weight excluding hydrogens is 536 g/mol. The topological polar surface area (TPSA) is 73.1 Å². The molecule has 1 N–H and O–H groups in total. The van der Waals surface area contributed by atoms with Crippen molar-refractivity contribution in [3.05, 3.63) is 145 Å². The lowest BCUT2D eigenvalue weighted by atomic mass is 10.0. The fourth-order valence-corrected chi connectivity index (χ4v) is 5.10. The van der Waals surface area contributed by atoms with E-state index in [0.29, 0.717) is 18.9 Å². The van der Waals surface area contributed by atoms with E-state index in [9.17, 15) is 9.90 Å². The third-order valence-electron chi connectivity index (χ3n) is 7.27. The highest BCUT2D eigenvalue weighted by atomic mass is 16.5. The summed E-state index contributed by atoms with van der Waals surface area (Å²) < 4.78 is 13.8. The summed E-state index contributed by atoms with van der Waals surface area (Å²) in [4.78, 5) is 17.2. The van der Waals surface area contributed by atoms with Crippen LogP contribution in [-0.4, -0.2) is 41.3 Å². The first-order valence-electron chi connectivity index (χ1n) is 14.4. The molecule has 6 heteroatoms. The maximum Gasteiger partial charge on any atom is 0.305 e. The minimum Gasteiger partial charge on any atom is -0.481 e. The normalized spacial score (nSPS) is 12.9. The standard InChI is InChI=1S/C37H36N2O4/c1-42-27-34(23-28-11-5-2-6-12-28)38-37(43-26-29-13-7-3-8-14-29)35(24-36(40)41)39-22-21-33(25-39)32-19-17-31(18-20-32)30-15-9-4-10-16-30/h2-22,25,34-35H,23-24,26-27H2,1H3,(H,40,41)/t34-,35+/m0/s1. The lowest BCUT2D eigenvalue weighted by Gasteiger charge is -2.23. The Bertz CT molecular complexity index is 1600. The van der Waals surface area contributed by atoms with Gasteiger partial charge in [-0.05, 0) is 45.9 Å². The molecule has 0 amide bonds. The van der Waals surface area contributed by atoms with Crippen LogP contribution in [0.2, 0.25) is 0 Å². The molecule has 4 aromatic carbocycles. The van der Waals surface area contributed by atoms with Gasteiger partial charge in [0.25, 0.3) is 0 Å².